The smallest absolute Gasteiger partial charge is 0.309 e. The number of hydrogen-bond acceptors (Lipinski definition) is 5. The van der Waals surface area contributed by atoms with Crippen molar-refractivity contribution < 1.29 is 19.0 Å². The average molecular weight is 552 g/mol. The normalized spacial score (nSPS) is 16.7. The summed E-state index contributed by atoms with van der Waals surface area (Å²) in [6.45, 7) is 2.21. The average Bonchev–Trinajstić information content (AvgIpc) is 2.87. The number of aliphatic carboxylic acids is 1. The molecule has 1 aromatic heterocycles. The van der Waals surface area contributed by atoms with E-state index in [1.807, 2.05) is 24.3 Å². The molecule has 9 heteroatoms. The number of carboxylic acid groups (broad SMARTS) is 1. The van der Waals surface area contributed by atoms with Gasteiger partial charge in [0.15, 0.2) is 0 Å². The zero-order valence-electron chi connectivity index (χ0n) is 20.1. The maximum atomic E-state index is 15.6. The van der Waals surface area contributed by atoms with E-state index >= 15 is 4.39 Å². The third kappa shape index (κ3) is 6.25. The van der Waals surface area contributed by atoms with Crippen LogP contribution in [0.25, 0.3) is 10.9 Å². The van der Waals surface area contributed by atoms with E-state index in [9.17, 15) is 9.90 Å². The summed E-state index contributed by atoms with van der Waals surface area (Å²) in [7, 11) is 1.55. The first-order valence-electron chi connectivity index (χ1n) is 11.9. The number of thioether (sulfide) groups is 1. The lowest BCUT2D eigenvalue weighted by Crippen LogP contribution is -2.45. The van der Waals surface area contributed by atoms with E-state index < -0.39 is 17.6 Å². The Morgan fingerprint density at radius 1 is 1.25 bits per heavy atom. The van der Waals surface area contributed by atoms with Gasteiger partial charge in [0.1, 0.15) is 11.9 Å². The number of alkyl halides is 1. The van der Waals surface area contributed by atoms with Crippen molar-refractivity contribution >= 4 is 51.8 Å². The molecule has 0 bridgehead atoms. The molecule has 0 unspecified atom stereocenters. The number of rotatable bonds is 10. The first-order chi connectivity index (χ1) is 17.3. The van der Waals surface area contributed by atoms with Crippen LogP contribution in [0.2, 0.25) is 10.0 Å². The van der Waals surface area contributed by atoms with Gasteiger partial charge in [0.2, 0.25) is 0 Å². The molecule has 2 heterocycles. The highest BCUT2D eigenvalue weighted by atomic mass is 35.5. The van der Waals surface area contributed by atoms with Gasteiger partial charge in [-0.3, -0.25) is 9.78 Å². The third-order valence-electron chi connectivity index (χ3n) is 7.00. The van der Waals surface area contributed by atoms with Crippen molar-refractivity contribution in [1.29, 1.82) is 0 Å². The maximum Gasteiger partial charge on any atom is 0.309 e. The molecule has 1 N–H and O–H groups in total. The Labute approximate surface area is 224 Å². The standard InChI is InChI=1S/C27H29Cl2FN2O3S/c1-35-19-5-6-24-21(16-19)25(22(29)17-31-24)23(30)7-8-27(26(33)34)9-11-32(12-10-27)13-14-36-20-4-2-3-18(28)15-20/h2-6,15-17,23H,7-14H2,1H3,(H,33,34)/t23-/m0/s1. The molecule has 1 aliphatic heterocycles. The Kier molecular flexibility index (Phi) is 8.99. The molecule has 0 amide bonds. The van der Waals surface area contributed by atoms with Gasteiger partial charge < -0.3 is 14.7 Å². The number of likely N-dealkylation sites (tertiary alicyclic amines) is 1. The molecule has 4 rings (SSSR count). The lowest BCUT2D eigenvalue weighted by atomic mass is 9.74. The molecule has 1 atom stereocenters. The summed E-state index contributed by atoms with van der Waals surface area (Å²) >= 11 is 14.1. The first kappa shape index (κ1) is 27.0. The summed E-state index contributed by atoms with van der Waals surface area (Å²) < 4.78 is 20.9. The van der Waals surface area contributed by atoms with E-state index in [0.717, 1.165) is 22.2 Å². The molecule has 2 aromatic carbocycles. The molecule has 0 aliphatic carbocycles. The molecule has 1 fully saturated rings. The van der Waals surface area contributed by atoms with Crippen LogP contribution in [0.5, 0.6) is 5.75 Å². The number of carbonyl (C=O) groups is 1. The van der Waals surface area contributed by atoms with Gasteiger partial charge in [-0.1, -0.05) is 29.3 Å². The van der Waals surface area contributed by atoms with Crippen molar-refractivity contribution in [1.82, 2.24) is 9.88 Å². The summed E-state index contributed by atoms with van der Waals surface area (Å²) in [5, 5.41) is 11.6. The van der Waals surface area contributed by atoms with Gasteiger partial charge in [-0.25, -0.2) is 4.39 Å². The number of ether oxygens (including phenoxy) is 1. The monoisotopic (exact) mass is 550 g/mol. The highest BCUT2D eigenvalue weighted by Crippen LogP contribution is 2.42. The molecular weight excluding hydrogens is 522 g/mol. The molecule has 3 aromatic rings. The topological polar surface area (TPSA) is 62.7 Å². The second-order valence-corrected chi connectivity index (χ2v) is 11.2. The summed E-state index contributed by atoms with van der Waals surface area (Å²) in [6.07, 6.45) is 1.36. The van der Waals surface area contributed by atoms with Crippen LogP contribution in [0, 0.1) is 5.41 Å². The highest BCUT2D eigenvalue weighted by Gasteiger charge is 2.41. The van der Waals surface area contributed by atoms with Crippen molar-refractivity contribution in [3.8, 4) is 5.75 Å². The predicted molar refractivity (Wildman–Crippen MR) is 144 cm³/mol. The van der Waals surface area contributed by atoms with E-state index in [0.29, 0.717) is 48.1 Å². The van der Waals surface area contributed by atoms with Crippen molar-refractivity contribution in [3.63, 3.8) is 0 Å². The Morgan fingerprint density at radius 2 is 2.03 bits per heavy atom. The van der Waals surface area contributed by atoms with Crippen LogP contribution in [0.4, 0.5) is 4.39 Å². The van der Waals surface area contributed by atoms with Gasteiger partial charge in [0.25, 0.3) is 0 Å². The number of halogens is 3. The Balaban J connectivity index is 1.37. The zero-order chi connectivity index (χ0) is 25.7. The van der Waals surface area contributed by atoms with Crippen molar-refractivity contribution in [2.75, 3.05) is 32.5 Å². The highest BCUT2D eigenvalue weighted by molar-refractivity contribution is 7.99. The number of nitrogens with zero attached hydrogens (tertiary/aromatic N) is 2. The fourth-order valence-corrected chi connectivity index (χ4v) is 6.28. The quantitative estimate of drug-likeness (QED) is 0.267. The largest absolute Gasteiger partial charge is 0.497 e. The maximum absolute atomic E-state index is 15.6. The predicted octanol–water partition coefficient (Wildman–Crippen LogP) is 7.30. The fraction of sp³-hybridized carbons (Fsp3) is 0.407. The number of aromatic nitrogens is 1. The number of benzene rings is 2. The van der Waals surface area contributed by atoms with Gasteiger partial charge in [-0.2, -0.15) is 0 Å². The number of carboxylic acids is 1. The van der Waals surface area contributed by atoms with Crippen LogP contribution >= 0.6 is 35.0 Å². The summed E-state index contributed by atoms with van der Waals surface area (Å²) in [5.41, 5.74) is 0.0276. The lowest BCUT2D eigenvalue weighted by molar-refractivity contribution is -0.153. The molecular formula is C27H29Cl2FN2O3S. The van der Waals surface area contributed by atoms with Gasteiger partial charge in [0, 0.05) is 39.4 Å². The van der Waals surface area contributed by atoms with Gasteiger partial charge in [-0.05, 0) is 75.2 Å². The summed E-state index contributed by atoms with van der Waals surface area (Å²) in [6, 6.07) is 13.0. The Morgan fingerprint density at radius 3 is 2.72 bits per heavy atom. The van der Waals surface area contributed by atoms with E-state index in [2.05, 4.69) is 9.88 Å². The number of hydrogen-bond donors (Lipinski definition) is 1. The van der Waals surface area contributed by atoms with Crippen LogP contribution in [0.15, 0.2) is 53.6 Å². The second kappa shape index (κ2) is 12.0. The van der Waals surface area contributed by atoms with Crippen molar-refractivity contribution in [2.45, 2.75) is 36.8 Å². The minimum Gasteiger partial charge on any atom is -0.497 e. The van der Waals surface area contributed by atoms with Gasteiger partial charge in [0.05, 0.1) is 23.1 Å². The summed E-state index contributed by atoms with van der Waals surface area (Å²) in [4.78, 5) is 20.0. The van der Waals surface area contributed by atoms with Gasteiger partial charge in [-0.15, -0.1) is 11.8 Å². The van der Waals surface area contributed by atoms with Crippen molar-refractivity contribution in [2.24, 2.45) is 5.41 Å². The van der Waals surface area contributed by atoms with Crippen LogP contribution in [-0.4, -0.2) is 53.5 Å². The van der Waals surface area contributed by atoms with Gasteiger partial charge >= 0.3 is 5.97 Å². The van der Waals surface area contributed by atoms with Crippen LogP contribution in [0.1, 0.15) is 37.4 Å². The van der Waals surface area contributed by atoms with Crippen LogP contribution in [-0.2, 0) is 4.79 Å². The molecule has 192 valence electrons. The first-order valence-corrected chi connectivity index (χ1v) is 13.7. The number of methoxy groups -OCH3 is 1. The van der Waals surface area contributed by atoms with Crippen LogP contribution < -0.4 is 4.74 Å². The molecule has 0 radical (unpaired) electrons. The van der Waals surface area contributed by atoms with E-state index in [4.69, 9.17) is 27.9 Å². The second-order valence-electron chi connectivity index (χ2n) is 9.14. The molecule has 1 aliphatic rings. The molecule has 0 spiro atoms. The lowest BCUT2D eigenvalue weighted by Gasteiger charge is -2.39. The van der Waals surface area contributed by atoms with E-state index in [1.54, 1.807) is 37.1 Å². The molecule has 0 saturated carbocycles. The Hall–Kier alpha value is -2.06. The molecule has 1 saturated heterocycles. The zero-order valence-corrected chi connectivity index (χ0v) is 22.4. The summed E-state index contributed by atoms with van der Waals surface area (Å²) in [5.74, 6) is 0.627. The minimum absolute atomic E-state index is 0.0764. The third-order valence-corrected chi connectivity index (χ3v) is 8.51. The van der Waals surface area contributed by atoms with E-state index in [-0.39, 0.29) is 17.9 Å². The molecule has 36 heavy (non-hydrogen) atoms. The number of piperidine rings is 1. The molecule has 5 nitrogen and oxygen atoms in total. The van der Waals surface area contributed by atoms with Crippen molar-refractivity contribution in [3.05, 3.63) is 64.3 Å². The number of pyridine rings is 1. The SMILES string of the molecule is COc1ccc2ncc(Cl)c([C@@H](F)CCC3(C(=O)O)CCN(CCSc4cccc(Cl)c4)CC3)c2c1. The fourth-order valence-electron chi connectivity index (χ4n) is 4.79. The Bertz CT molecular complexity index is 1220. The van der Waals surface area contributed by atoms with Crippen LogP contribution in [0.3, 0.4) is 0 Å². The number of fused-ring (bicyclic) bond motifs is 1. The minimum atomic E-state index is -1.40. The van der Waals surface area contributed by atoms with E-state index in [1.165, 1.54) is 6.20 Å².